The van der Waals surface area contributed by atoms with Gasteiger partial charge in [0.2, 0.25) is 0 Å². The molecule has 4 aromatic carbocycles. The maximum atomic E-state index is 6.39. The molecule has 4 aromatic rings. The van der Waals surface area contributed by atoms with Crippen molar-refractivity contribution in [2.45, 2.75) is 24.7 Å². The molecule has 1 aliphatic carbocycles. The lowest BCUT2D eigenvalue weighted by atomic mass is 9.53. The molecule has 1 heteroatoms. The number of rotatable bonds is 0. The highest BCUT2D eigenvalue weighted by atomic mass is 16.5. The SMILES string of the molecule is CC1(C)c2ccccc2C2(c3ccccc3Oc3ccccc32)c2ccccc21. The van der Waals surface area contributed by atoms with E-state index >= 15 is 0 Å². The first-order chi connectivity index (χ1) is 14.1. The fourth-order valence-corrected chi connectivity index (χ4v) is 5.58. The van der Waals surface area contributed by atoms with E-state index in [4.69, 9.17) is 4.74 Å². The maximum Gasteiger partial charge on any atom is 0.132 e. The predicted octanol–water partition coefficient (Wildman–Crippen LogP) is 6.81. The van der Waals surface area contributed by atoms with Crippen molar-refractivity contribution in [1.82, 2.24) is 0 Å². The van der Waals surface area contributed by atoms with Crippen molar-refractivity contribution in [3.63, 3.8) is 0 Å². The summed E-state index contributed by atoms with van der Waals surface area (Å²) in [6, 6.07) is 34.9. The zero-order valence-corrected chi connectivity index (χ0v) is 16.6. The molecule has 140 valence electrons. The van der Waals surface area contributed by atoms with Gasteiger partial charge in [0.15, 0.2) is 0 Å². The van der Waals surface area contributed by atoms with Crippen molar-refractivity contribution in [2.75, 3.05) is 0 Å². The summed E-state index contributed by atoms with van der Waals surface area (Å²) in [5.41, 5.74) is 7.45. The van der Waals surface area contributed by atoms with E-state index in [2.05, 4.69) is 111 Å². The van der Waals surface area contributed by atoms with Gasteiger partial charge in [-0.25, -0.2) is 0 Å². The molecule has 0 radical (unpaired) electrons. The largest absolute Gasteiger partial charge is 0.457 e. The molecule has 0 aromatic heterocycles. The van der Waals surface area contributed by atoms with Crippen molar-refractivity contribution in [2.24, 2.45) is 0 Å². The Bertz CT molecular complexity index is 1170. The number of para-hydroxylation sites is 2. The van der Waals surface area contributed by atoms with E-state index in [1.165, 1.54) is 33.4 Å². The minimum absolute atomic E-state index is 0.0688. The fourth-order valence-electron chi connectivity index (χ4n) is 5.58. The van der Waals surface area contributed by atoms with Crippen LogP contribution in [0.25, 0.3) is 0 Å². The van der Waals surface area contributed by atoms with Crippen LogP contribution >= 0.6 is 0 Å². The van der Waals surface area contributed by atoms with Crippen molar-refractivity contribution in [1.29, 1.82) is 0 Å². The molecule has 29 heavy (non-hydrogen) atoms. The second-order valence-corrected chi connectivity index (χ2v) is 8.56. The molecule has 0 saturated heterocycles. The summed E-state index contributed by atoms with van der Waals surface area (Å²) < 4.78 is 6.39. The molecule has 2 aliphatic rings. The molecule has 1 nitrogen and oxygen atoms in total. The Morgan fingerprint density at radius 1 is 0.448 bits per heavy atom. The molecule has 1 heterocycles. The predicted molar refractivity (Wildman–Crippen MR) is 117 cm³/mol. The standard InChI is InChI=1S/C28H22O/c1-27(2)19-11-3-5-13-21(19)28(22-14-6-4-12-20(22)27)23-15-7-9-17-25(23)29-26-18-10-8-16-24(26)28/h3-18H,1-2H3. The van der Waals surface area contributed by atoms with Crippen LogP contribution in [0.4, 0.5) is 0 Å². The summed E-state index contributed by atoms with van der Waals surface area (Å²) in [5, 5.41) is 0. The lowest BCUT2D eigenvalue weighted by molar-refractivity contribution is 0.425. The van der Waals surface area contributed by atoms with Gasteiger partial charge in [-0.15, -0.1) is 0 Å². The van der Waals surface area contributed by atoms with Gasteiger partial charge in [0.25, 0.3) is 0 Å². The van der Waals surface area contributed by atoms with E-state index in [1.807, 2.05) is 0 Å². The van der Waals surface area contributed by atoms with Crippen LogP contribution in [0.1, 0.15) is 47.2 Å². The van der Waals surface area contributed by atoms with E-state index in [0.717, 1.165) is 11.5 Å². The van der Waals surface area contributed by atoms with Gasteiger partial charge in [-0.3, -0.25) is 0 Å². The Morgan fingerprint density at radius 2 is 0.793 bits per heavy atom. The highest BCUT2D eigenvalue weighted by Gasteiger charge is 2.52. The summed E-state index contributed by atoms with van der Waals surface area (Å²) in [4.78, 5) is 0. The Hall–Kier alpha value is -3.32. The van der Waals surface area contributed by atoms with Crippen LogP contribution < -0.4 is 4.74 Å². The van der Waals surface area contributed by atoms with Gasteiger partial charge in [0, 0.05) is 16.5 Å². The molecule has 6 rings (SSSR count). The Morgan fingerprint density at radius 3 is 1.24 bits per heavy atom. The summed E-state index contributed by atoms with van der Waals surface area (Å²) in [6.45, 7) is 4.68. The Labute approximate surface area is 171 Å². The minimum Gasteiger partial charge on any atom is -0.457 e. The number of ether oxygens (including phenoxy) is 1. The molecule has 0 N–H and O–H groups in total. The van der Waals surface area contributed by atoms with Crippen molar-refractivity contribution < 1.29 is 4.74 Å². The van der Waals surface area contributed by atoms with Crippen LogP contribution in [0.15, 0.2) is 97.1 Å². The first-order valence-corrected chi connectivity index (χ1v) is 10.2. The normalized spacial score (nSPS) is 16.8. The van der Waals surface area contributed by atoms with Gasteiger partial charge >= 0.3 is 0 Å². The molecule has 0 saturated carbocycles. The third-order valence-electron chi connectivity index (χ3n) is 6.81. The Balaban J connectivity index is 1.88. The molecule has 1 aliphatic heterocycles. The molecular formula is C28H22O. The van der Waals surface area contributed by atoms with Crippen LogP contribution in [0, 0.1) is 0 Å². The quantitative estimate of drug-likeness (QED) is 0.289. The lowest BCUT2D eigenvalue weighted by Crippen LogP contribution is -2.43. The third kappa shape index (κ3) is 1.95. The van der Waals surface area contributed by atoms with Gasteiger partial charge in [-0.1, -0.05) is 98.8 Å². The molecule has 0 fully saturated rings. The first kappa shape index (κ1) is 16.6. The van der Waals surface area contributed by atoms with Gasteiger partial charge in [0.05, 0.1) is 5.41 Å². The van der Waals surface area contributed by atoms with Gasteiger partial charge < -0.3 is 4.74 Å². The summed E-state index contributed by atoms with van der Waals surface area (Å²) in [7, 11) is 0. The monoisotopic (exact) mass is 374 g/mol. The second kappa shape index (κ2) is 5.61. The van der Waals surface area contributed by atoms with Crippen molar-refractivity contribution in [3.8, 4) is 11.5 Å². The van der Waals surface area contributed by atoms with Crippen molar-refractivity contribution in [3.05, 3.63) is 130 Å². The molecule has 0 atom stereocenters. The van der Waals surface area contributed by atoms with E-state index in [9.17, 15) is 0 Å². The third-order valence-corrected chi connectivity index (χ3v) is 6.81. The van der Waals surface area contributed by atoms with E-state index in [1.54, 1.807) is 0 Å². The average Bonchev–Trinajstić information content (AvgIpc) is 2.77. The molecule has 1 spiro atoms. The smallest absolute Gasteiger partial charge is 0.132 e. The van der Waals surface area contributed by atoms with Crippen LogP contribution in [0.5, 0.6) is 11.5 Å². The molecule has 0 bridgehead atoms. The highest BCUT2D eigenvalue weighted by molar-refractivity contribution is 5.75. The molecular weight excluding hydrogens is 352 g/mol. The zero-order chi connectivity index (χ0) is 19.6. The number of benzene rings is 4. The summed E-state index contributed by atoms with van der Waals surface area (Å²) in [6.07, 6.45) is 0. The van der Waals surface area contributed by atoms with E-state index in [-0.39, 0.29) is 10.8 Å². The van der Waals surface area contributed by atoms with Gasteiger partial charge in [-0.05, 0) is 34.4 Å². The van der Waals surface area contributed by atoms with Crippen LogP contribution in [-0.4, -0.2) is 0 Å². The second-order valence-electron chi connectivity index (χ2n) is 8.56. The Kier molecular flexibility index (Phi) is 3.21. The molecule has 0 amide bonds. The zero-order valence-electron chi connectivity index (χ0n) is 16.6. The summed E-state index contributed by atoms with van der Waals surface area (Å²) in [5.74, 6) is 1.88. The lowest BCUT2D eigenvalue weighted by Gasteiger charge is -2.49. The van der Waals surface area contributed by atoms with E-state index < -0.39 is 0 Å². The fraction of sp³-hybridized carbons (Fsp3) is 0.143. The topological polar surface area (TPSA) is 9.23 Å². The van der Waals surface area contributed by atoms with Gasteiger partial charge in [0.1, 0.15) is 11.5 Å². The number of hydrogen-bond donors (Lipinski definition) is 0. The maximum absolute atomic E-state index is 6.39. The highest BCUT2D eigenvalue weighted by Crippen LogP contribution is 2.61. The average molecular weight is 374 g/mol. The van der Waals surface area contributed by atoms with Crippen LogP contribution in [0.3, 0.4) is 0 Å². The summed E-state index contributed by atoms with van der Waals surface area (Å²) >= 11 is 0. The minimum atomic E-state index is -0.381. The first-order valence-electron chi connectivity index (χ1n) is 10.2. The molecule has 0 unspecified atom stereocenters. The number of hydrogen-bond acceptors (Lipinski definition) is 1. The van der Waals surface area contributed by atoms with Crippen LogP contribution in [0.2, 0.25) is 0 Å². The number of fused-ring (bicyclic) bond motifs is 8. The van der Waals surface area contributed by atoms with Crippen LogP contribution in [-0.2, 0) is 10.8 Å². The van der Waals surface area contributed by atoms with Crippen molar-refractivity contribution >= 4 is 0 Å². The van der Waals surface area contributed by atoms with Gasteiger partial charge in [-0.2, -0.15) is 0 Å². The van der Waals surface area contributed by atoms with E-state index in [0.29, 0.717) is 0 Å².